The standard InChI is InChI=1S/C14H20N2/c1-9-7-11(8-10(2)16-9)14(15)12-5-3-4-6-13(12)14/h7-8,12-13H,3-6,15H2,1-2H3. The predicted octanol–water partition coefficient (Wildman–Crippen LogP) is 2.67. The average molecular weight is 216 g/mol. The maximum Gasteiger partial charge on any atom is 0.0475 e. The molecule has 2 fully saturated rings. The smallest absolute Gasteiger partial charge is 0.0475 e. The lowest BCUT2D eigenvalue weighted by Gasteiger charge is -2.13. The number of aromatic nitrogens is 1. The normalized spacial score (nSPS) is 36.9. The largest absolute Gasteiger partial charge is 0.321 e. The van der Waals surface area contributed by atoms with Gasteiger partial charge in [0, 0.05) is 16.9 Å². The minimum atomic E-state index is -0.0189. The van der Waals surface area contributed by atoms with Crippen LogP contribution in [0.1, 0.15) is 42.6 Å². The third kappa shape index (κ3) is 1.32. The lowest BCUT2D eigenvalue weighted by molar-refractivity contribution is 0.480. The van der Waals surface area contributed by atoms with E-state index in [-0.39, 0.29) is 5.54 Å². The van der Waals surface area contributed by atoms with Crippen LogP contribution in [0.2, 0.25) is 0 Å². The van der Waals surface area contributed by atoms with E-state index in [4.69, 9.17) is 5.73 Å². The Morgan fingerprint density at radius 1 is 1.12 bits per heavy atom. The van der Waals surface area contributed by atoms with Crippen LogP contribution in [0.15, 0.2) is 12.1 Å². The third-order valence-electron chi connectivity index (χ3n) is 4.47. The summed E-state index contributed by atoms with van der Waals surface area (Å²) >= 11 is 0. The number of nitrogens with zero attached hydrogens (tertiary/aromatic N) is 1. The minimum Gasteiger partial charge on any atom is -0.321 e. The summed E-state index contributed by atoms with van der Waals surface area (Å²) in [5, 5.41) is 0. The molecule has 16 heavy (non-hydrogen) atoms. The number of nitrogens with two attached hydrogens (primary N) is 1. The molecule has 2 N–H and O–H groups in total. The second-order valence-electron chi connectivity index (χ2n) is 5.57. The molecule has 0 aromatic carbocycles. The van der Waals surface area contributed by atoms with Gasteiger partial charge in [0.2, 0.25) is 0 Å². The van der Waals surface area contributed by atoms with Gasteiger partial charge in [0.15, 0.2) is 0 Å². The van der Waals surface area contributed by atoms with E-state index in [0.717, 1.165) is 23.2 Å². The molecule has 2 nitrogen and oxygen atoms in total. The Labute approximate surface area is 97.3 Å². The summed E-state index contributed by atoms with van der Waals surface area (Å²) in [7, 11) is 0. The number of pyridine rings is 1. The molecule has 0 spiro atoms. The first-order valence-corrected chi connectivity index (χ1v) is 6.37. The van der Waals surface area contributed by atoms with Crippen molar-refractivity contribution >= 4 is 0 Å². The summed E-state index contributed by atoms with van der Waals surface area (Å²) in [5.41, 5.74) is 10.1. The molecule has 0 aliphatic heterocycles. The van der Waals surface area contributed by atoms with Crippen molar-refractivity contribution in [1.82, 2.24) is 4.98 Å². The van der Waals surface area contributed by atoms with E-state index in [9.17, 15) is 0 Å². The van der Waals surface area contributed by atoms with Crippen LogP contribution >= 0.6 is 0 Å². The highest BCUT2D eigenvalue weighted by Crippen LogP contribution is 2.62. The fraction of sp³-hybridized carbons (Fsp3) is 0.643. The minimum absolute atomic E-state index is 0.0189. The van der Waals surface area contributed by atoms with Gasteiger partial charge in [-0.25, -0.2) is 0 Å². The van der Waals surface area contributed by atoms with E-state index >= 15 is 0 Å². The Kier molecular flexibility index (Phi) is 2.12. The van der Waals surface area contributed by atoms with Crippen molar-refractivity contribution in [3.8, 4) is 0 Å². The zero-order valence-electron chi connectivity index (χ0n) is 10.2. The van der Waals surface area contributed by atoms with Gasteiger partial charge in [-0.2, -0.15) is 0 Å². The first kappa shape index (κ1) is 10.3. The first-order chi connectivity index (χ1) is 7.62. The van der Waals surface area contributed by atoms with E-state index in [1.165, 1.54) is 31.2 Å². The maximum absolute atomic E-state index is 6.63. The molecular formula is C14H20N2. The highest BCUT2D eigenvalue weighted by molar-refractivity contribution is 5.37. The summed E-state index contributed by atoms with van der Waals surface area (Å²) in [6.45, 7) is 4.12. The molecule has 0 saturated heterocycles. The molecule has 2 aliphatic rings. The molecule has 0 radical (unpaired) electrons. The molecule has 3 rings (SSSR count). The number of fused-ring (bicyclic) bond motifs is 1. The van der Waals surface area contributed by atoms with Gasteiger partial charge in [-0.05, 0) is 56.2 Å². The van der Waals surface area contributed by atoms with Crippen molar-refractivity contribution in [2.24, 2.45) is 17.6 Å². The van der Waals surface area contributed by atoms with E-state index < -0.39 is 0 Å². The first-order valence-electron chi connectivity index (χ1n) is 6.37. The van der Waals surface area contributed by atoms with Gasteiger partial charge in [-0.15, -0.1) is 0 Å². The van der Waals surface area contributed by atoms with Crippen LogP contribution in [-0.4, -0.2) is 4.98 Å². The lowest BCUT2D eigenvalue weighted by Crippen LogP contribution is -2.24. The van der Waals surface area contributed by atoms with Gasteiger partial charge in [0.1, 0.15) is 0 Å². The molecular weight excluding hydrogens is 196 g/mol. The van der Waals surface area contributed by atoms with Crippen molar-refractivity contribution in [3.05, 3.63) is 29.1 Å². The fourth-order valence-corrected chi connectivity index (χ4v) is 3.68. The molecule has 2 atom stereocenters. The third-order valence-corrected chi connectivity index (χ3v) is 4.47. The van der Waals surface area contributed by atoms with E-state index in [1.807, 2.05) is 0 Å². The van der Waals surface area contributed by atoms with E-state index in [0.29, 0.717) is 0 Å². The summed E-state index contributed by atoms with van der Waals surface area (Å²) in [6, 6.07) is 4.37. The number of hydrogen-bond donors (Lipinski definition) is 1. The van der Waals surface area contributed by atoms with Gasteiger partial charge in [-0.1, -0.05) is 12.8 Å². The second-order valence-corrected chi connectivity index (χ2v) is 5.57. The van der Waals surface area contributed by atoms with Crippen LogP contribution in [0.4, 0.5) is 0 Å². The topological polar surface area (TPSA) is 38.9 Å². The predicted molar refractivity (Wildman–Crippen MR) is 65.0 cm³/mol. The van der Waals surface area contributed by atoms with Gasteiger partial charge in [0.05, 0.1) is 0 Å². The van der Waals surface area contributed by atoms with Crippen LogP contribution in [0, 0.1) is 25.7 Å². The van der Waals surface area contributed by atoms with E-state index in [2.05, 4.69) is 31.0 Å². The molecule has 2 unspecified atom stereocenters. The lowest BCUT2D eigenvalue weighted by atomic mass is 10.0. The molecule has 2 heteroatoms. The molecule has 86 valence electrons. The summed E-state index contributed by atoms with van der Waals surface area (Å²) in [6.07, 6.45) is 5.37. The maximum atomic E-state index is 6.63. The Morgan fingerprint density at radius 2 is 1.62 bits per heavy atom. The van der Waals surface area contributed by atoms with Gasteiger partial charge < -0.3 is 5.73 Å². The van der Waals surface area contributed by atoms with Crippen LogP contribution in [0.5, 0.6) is 0 Å². The molecule has 2 aliphatic carbocycles. The highest BCUT2D eigenvalue weighted by Gasteiger charge is 2.62. The summed E-state index contributed by atoms with van der Waals surface area (Å²) in [5.74, 6) is 1.48. The second kappa shape index (κ2) is 3.30. The highest BCUT2D eigenvalue weighted by atomic mass is 14.9. The molecule has 1 aromatic rings. The van der Waals surface area contributed by atoms with E-state index in [1.54, 1.807) is 0 Å². The molecule has 2 saturated carbocycles. The van der Waals surface area contributed by atoms with Crippen LogP contribution in [0.25, 0.3) is 0 Å². The molecule has 0 amide bonds. The Hall–Kier alpha value is -0.890. The van der Waals surface area contributed by atoms with Crippen molar-refractivity contribution in [2.45, 2.75) is 45.1 Å². The zero-order valence-corrected chi connectivity index (χ0v) is 10.2. The van der Waals surface area contributed by atoms with Crippen molar-refractivity contribution in [1.29, 1.82) is 0 Å². The molecule has 1 aromatic heterocycles. The van der Waals surface area contributed by atoms with Gasteiger partial charge in [0.25, 0.3) is 0 Å². The number of rotatable bonds is 1. The average Bonchev–Trinajstić information content (AvgIpc) is 2.86. The van der Waals surface area contributed by atoms with Crippen molar-refractivity contribution in [2.75, 3.05) is 0 Å². The Balaban J connectivity index is 1.98. The number of hydrogen-bond acceptors (Lipinski definition) is 2. The van der Waals surface area contributed by atoms with Crippen LogP contribution in [0.3, 0.4) is 0 Å². The molecule has 0 bridgehead atoms. The SMILES string of the molecule is Cc1cc(C2(N)C3CCCCC32)cc(C)n1. The zero-order chi connectivity index (χ0) is 11.3. The van der Waals surface area contributed by atoms with Crippen LogP contribution in [-0.2, 0) is 5.54 Å². The van der Waals surface area contributed by atoms with Crippen LogP contribution < -0.4 is 5.73 Å². The van der Waals surface area contributed by atoms with Gasteiger partial charge >= 0.3 is 0 Å². The number of aryl methyl sites for hydroxylation is 2. The monoisotopic (exact) mass is 216 g/mol. The fourth-order valence-electron chi connectivity index (χ4n) is 3.68. The van der Waals surface area contributed by atoms with Crippen molar-refractivity contribution < 1.29 is 0 Å². The molecule has 1 heterocycles. The van der Waals surface area contributed by atoms with Gasteiger partial charge in [-0.3, -0.25) is 4.98 Å². The Morgan fingerprint density at radius 3 is 2.12 bits per heavy atom. The van der Waals surface area contributed by atoms with Crippen molar-refractivity contribution in [3.63, 3.8) is 0 Å². The quantitative estimate of drug-likeness (QED) is 0.784. The summed E-state index contributed by atoms with van der Waals surface area (Å²) in [4.78, 5) is 4.44. The Bertz CT molecular complexity index is 392. The summed E-state index contributed by atoms with van der Waals surface area (Å²) < 4.78 is 0.